The second-order valence-electron chi connectivity index (χ2n) is 7.23. The molecule has 0 radical (unpaired) electrons. The van der Waals surface area contributed by atoms with Gasteiger partial charge in [-0.1, -0.05) is 11.6 Å². The zero-order chi connectivity index (χ0) is 16.8. The Kier molecular flexibility index (Phi) is 3.84. The van der Waals surface area contributed by atoms with Crippen LogP contribution in [0.5, 0.6) is 0 Å². The summed E-state index contributed by atoms with van der Waals surface area (Å²) >= 11 is 5.85. The molecule has 3 heterocycles. The quantitative estimate of drug-likeness (QED) is 0.790. The summed E-state index contributed by atoms with van der Waals surface area (Å²) in [4.78, 5) is 6.34. The Morgan fingerprint density at radius 3 is 2.30 bits per heavy atom. The number of hydrogen-bond acceptors (Lipinski definition) is 5. The standard InChI is InChI=1S/C16H22ClN5O/c1-15(2)9-22(10-16(3,4)23-15)14-20-19-13(21(14)5)11-6-7-12(17)18-8-11/h6-8H,9-10H2,1-5H3. The molecule has 0 atom stereocenters. The van der Waals surface area contributed by atoms with Crippen molar-refractivity contribution >= 4 is 17.5 Å². The van der Waals surface area contributed by atoms with Crippen molar-refractivity contribution in [2.24, 2.45) is 7.05 Å². The van der Waals surface area contributed by atoms with Crippen molar-refractivity contribution in [2.75, 3.05) is 18.0 Å². The molecule has 0 aromatic carbocycles. The van der Waals surface area contributed by atoms with Gasteiger partial charge in [-0.05, 0) is 39.8 Å². The minimum absolute atomic E-state index is 0.240. The molecule has 0 amide bonds. The Balaban J connectivity index is 1.94. The largest absolute Gasteiger partial charge is 0.366 e. The van der Waals surface area contributed by atoms with Gasteiger partial charge >= 0.3 is 0 Å². The van der Waals surface area contributed by atoms with Gasteiger partial charge < -0.3 is 9.64 Å². The van der Waals surface area contributed by atoms with E-state index < -0.39 is 0 Å². The molecule has 2 aromatic rings. The first-order valence-corrected chi connectivity index (χ1v) is 8.01. The Labute approximate surface area is 141 Å². The third-order valence-corrected chi connectivity index (χ3v) is 4.04. The van der Waals surface area contributed by atoms with Crippen LogP contribution in [0.25, 0.3) is 11.4 Å². The number of aromatic nitrogens is 4. The lowest BCUT2D eigenvalue weighted by atomic mass is 9.99. The summed E-state index contributed by atoms with van der Waals surface area (Å²) in [6, 6.07) is 3.66. The topological polar surface area (TPSA) is 56.1 Å². The molecule has 3 rings (SSSR count). The summed E-state index contributed by atoms with van der Waals surface area (Å²) in [6.45, 7) is 9.92. The molecule has 0 bridgehead atoms. The number of nitrogens with zero attached hydrogens (tertiary/aromatic N) is 5. The lowest BCUT2D eigenvalue weighted by Crippen LogP contribution is -2.57. The van der Waals surface area contributed by atoms with Crippen molar-refractivity contribution in [1.82, 2.24) is 19.7 Å². The molecular formula is C16H22ClN5O. The normalized spacial score (nSPS) is 19.8. The van der Waals surface area contributed by atoms with Crippen LogP contribution in [0.2, 0.25) is 5.15 Å². The van der Waals surface area contributed by atoms with E-state index in [1.807, 2.05) is 17.7 Å². The van der Waals surface area contributed by atoms with E-state index in [0.29, 0.717) is 5.15 Å². The molecule has 1 fully saturated rings. The molecule has 124 valence electrons. The zero-order valence-electron chi connectivity index (χ0n) is 14.2. The first kappa shape index (κ1) is 16.2. The molecule has 0 unspecified atom stereocenters. The first-order chi connectivity index (χ1) is 10.7. The Hall–Kier alpha value is -1.66. The minimum atomic E-state index is -0.240. The maximum absolute atomic E-state index is 6.13. The molecule has 0 spiro atoms. The third-order valence-electron chi connectivity index (χ3n) is 3.82. The second kappa shape index (κ2) is 5.46. The number of morpholine rings is 1. The lowest BCUT2D eigenvalue weighted by molar-refractivity contribution is -0.133. The van der Waals surface area contributed by atoms with Crippen LogP contribution in [-0.4, -0.2) is 44.0 Å². The summed E-state index contributed by atoms with van der Waals surface area (Å²) in [7, 11) is 1.97. The SMILES string of the molecule is Cn1c(-c2ccc(Cl)nc2)nnc1N1CC(C)(C)OC(C)(C)C1. The fourth-order valence-electron chi connectivity index (χ4n) is 3.28. The molecule has 1 aliphatic rings. The predicted molar refractivity (Wildman–Crippen MR) is 90.7 cm³/mol. The second-order valence-corrected chi connectivity index (χ2v) is 7.62. The monoisotopic (exact) mass is 335 g/mol. The fourth-order valence-corrected chi connectivity index (χ4v) is 3.40. The van der Waals surface area contributed by atoms with Gasteiger partial charge in [-0.2, -0.15) is 0 Å². The summed E-state index contributed by atoms with van der Waals surface area (Å²) in [5, 5.41) is 9.19. The Morgan fingerprint density at radius 1 is 1.09 bits per heavy atom. The maximum Gasteiger partial charge on any atom is 0.227 e. The fraction of sp³-hybridized carbons (Fsp3) is 0.562. The van der Waals surface area contributed by atoms with Crippen LogP contribution >= 0.6 is 11.6 Å². The minimum Gasteiger partial charge on any atom is -0.366 e. The van der Waals surface area contributed by atoms with Crippen LogP contribution in [0, 0.1) is 0 Å². The Morgan fingerprint density at radius 2 is 1.74 bits per heavy atom. The van der Waals surface area contributed by atoms with E-state index in [0.717, 1.165) is 30.4 Å². The first-order valence-electron chi connectivity index (χ1n) is 7.63. The van der Waals surface area contributed by atoms with Gasteiger partial charge in [0.2, 0.25) is 5.95 Å². The molecule has 23 heavy (non-hydrogen) atoms. The van der Waals surface area contributed by atoms with Gasteiger partial charge in [0.05, 0.1) is 11.2 Å². The van der Waals surface area contributed by atoms with Crippen LogP contribution < -0.4 is 4.90 Å². The number of anilines is 1. The molecule has 1 aliphatic heterocycles. The number of halogens is 1. The maximum atomic E-state index is 6.13. The van der Waals surface area contributed by atoms with E-state index in [1.54, 1.807) is 12.3 Å². The smallest absolute Gasteiger partial charge is 0.227 e. The summed E-state index contributed by atoms with van der Waals surface area (Å²) in [5.74, 6) is 1.60. The van der Waals surface area contributed by atoms with Crippen LogP contribution in [0.15, 0.2) is 18.3 Å². The van der Waals surface area contributed by atoms with Gasteiger partial charge in [0, 0.05) is 31.9 Å². The van der Waals surface area contributed by atoms with Gasteiger partial charge in [0.1, 0.15) is 5.15 Å². The summed E-state index contributed by atoms with van der Waals surface area (Å²) in [6.07, 6.45) is 1.71. The van der Waals surface area contributed by atoms with Crippen LogP contribution in [0.3, 0.4) is 0 Å². The molecule has 7 heteroatoms. The van der Waals surface area contributed by atoms with E-state index in [-0.39, 0.29) is 11.2 Å². The highest BCUT2D eigenvalue weighted by Crippen LogP contribution is 2.31. The van der Waals surface area contributed by atoms with Crippen molar-refractivity contribution in [2.45, 2.75) is 38.9 Å². The van der Waals surface area contributed by atoms with Crippen molar-refractivity contribution in [1.29, 1.82) is 0 Å². The predicted octanol–water partition coefficient (Wildman–Crippen LogP) is 2.92. The van der Waals surface area contributed by atoms with Gasteiger partial charge in [-0.15, -0.1) is 10.2 Å². The molecule has 2 aromatic heterocycles. The molecule has 0 saturated carbocycles. The molecule has 6 nitrogen and oxygen atoms in total. The van der Waals surface area contributed by atoms with E-state index >= 15 is 0 Å². The van der Waals surface area contributed by atoms with Crippen molar-refractivity contribution < 1.29 is 4.74 Å². The average Bonchev–Trinajstić information content (AvgIpc) is 2.78. The highest BCUT2D eigenvalue weighted by Gasteiger charge is 2.39. The number of ether oxygens (including phenoxy) is 1. The number of hydrogen-bond donors (Lipinski definition) is 0. The van der Waals surface area contributed by atoms with Crippen LogP contribution in [0.1, 0.15) is 27.7 Å². The van der Waals surface area contributed by atoms with E-state index in [1.165, 1.54) is 0 Å². The van der Waals surface area contributed by atoms with Gasteiger partial charge in [-0.25, -0.2) is 4.98 Å². The highest BCUT2D eigenvalue weighted by molar-refractivity contribution is 6.29. The van der Waals surface area contributed by atoms with Gasteiger partial charge in [-0.3, -0.25) is 4.57 Å². The zero-order valence-corrected chi connectivity index (χ0v) is 14.9. The molecule has 1 saturated heterocycles. The van der Waals surface area contributed by atoms with E-state index in [2.05, 4.69) is 47.8 Å². The third kappa shape index (κ3) is 3.33. The van der Waals surface area contributed by atoms with Crippen LogP contribution in [-0.2, 0) is 11.8 Å². The summed E-state index contributed by atoms with van der Waals surface area (Å²) in [5.41, 5.74) is 0.410. The Bertz CT molecular complexity index is 692. The van der Waals surface area contributed by atoms with Crippen molar-refractivity contribution in [3.63, 3.8) is 0 Å². The van der Waals surface area contributed by atoms with E-state index in [9.17, 15) is 0 Å². The number of pyridine rings is 1. The average molecular weight is 336 g/mol. The summed E-state index contributed by atoms with van der Waals surface area (Å²) < 4.78 is 8.12. The van der Waals surface area contributed by atoms with Gasteiger partial charge in [0.15, 0.2) is 5.82 Å². The highest BCUT2D eigenvalue weighted by atomic mass is 35.5. The molecular weight excluding hydrogens is 314 g/mol. The number of rotatable bonds is 2. The lowest BCUT2D eigenvalue weighted by Gasteiger charge is -2.47. The molecule has 0 N–H and O–H groups in total. The van der Waals surface area contributed by atoms with E-state index in [4.69, 9.17) is 16.3 Å². The van der Waals surface area contributed by atoms with Gasteiger partial charge in [0.25, 0.3) is 0 Å². The van der Waals surface area contributed by atoms with Crippen molar-refractivity contribution in [3.05, 3.63) is 23.5 Å². The van der Waals surface area contributed by atoms with Crippen molar-refractivity contribution in [3.8, 4) is 11.4 Å². The molecule has 0 aliphatic carbocycles. The van der Waals surface area contributed by atoms with Crippen LogP contribution in [0.4, 0.5) is 5.95 Å².